The van der Waals surface area contributed by atoms with Gasteiger partial charge in [-0.05, 0) is 37.1 Å². The lowest BCUT2D eigenvalue weighted by Gasteiger charge is -2.31. The summed E-state index contributed by atoms with van der Waals surface area (Å²) in [4.78, 5) is 0. The van der Waals surface area contributed by atoms with Crippen LogP contribution in [-0.4, -0.2) is 19.8 Å². The zero-order chi connectivity index (χ0) is 12.1. The van der Waals surface area contributed by atoms with Gasteiger partial charge in [0.15, 0.2) is 0 Å². The molecule has 2 nitrogen and oxygen atoms in total. The van der Waals surface area contributed by atoms with E-state index in [1.807, 2.05) is 6.07 Å². The Balaban J connectivity index is 2.15. The van der Waals surface area contributed by atoms with Gasteiger partial charge in [-0.3, -0.25) is 0 Å². The first-order valence-corrected chi connectivity index (χ1v) is 6.38. The van der Waals surface area contributed by atoms with Gasteiger partial charge >= 0.3 is 0 Å². The van der Waals surface area contributed by atoms with Crippen LogP contribution in [0.25, 0.3) is 0 Å². The summed E-state index contributed by atoms with van der Waals surface area (Å²) in [6.45, 7) is 4.60. The normalized spacial score (nSPS) is 22.4. The molecule has 0 bridgehead atoms. The van der Waals surface area contributed by atoms with Gasteiger partial charge in [-0.15, -0.1) is 0 Å². The Kier molecular flexibility index (Phi) is 4.51. The molecule has 2 unspecified atom stereocenters. The lowest BCUT2D eigenvalue weighted by atomic mass is 9.88. The van der Waals surface area contributed by atoms with E-state index in [-0.39, 0.29) is 11.9 Å². The molecule has 0 aromatic heterocycles. The van der Waals surface area contributed by atoms with E-state index in [4.69, 9.17) is 4.74 Å². The van der Waals surface area contributed by atoms with E-state index in [1.165, 1.54) is 6.07 Å². The van der Waals surface area contributed by atoms with Gasteiger partial charge < -0.3 is 10.1 Å². The van der Waals surface area contributed by atoms with E-state index in [2.05, 4.69) is 12.2 Å². The molecule has 3 heteroatoms. The largest absolute Gasteiger partial charge is 0.381 e. The number of nitrogens with one attached hydrogen (secondary N) is 1. The quantitative estimate of drug-likeness (QED) is 0.869. The van der Waals surface area contributed by atoms with Gasteiger partial charge in [0.25, 0.3) is 0 Å². The van der Waals surface area contributed by atoms with E-state index in [1.54, 1.807) is 12.1 Å². The molecular weight excluding hydrogens is 217 g/mol. The fraction of sp³-hybridized carbons (Fsp3) is 0.571. The maximum absolute atomic E-state index is 13.3. The molecule has 0 spiro atoms. The lowest BCUT2D eigenvalue weighted by Crippen LogP contribution is -2.33. The third-order valence-corrected chi connectivity index (χ3v) is 3.30. The van der Waals surface area contributed by atoms with Gasteiger partial charge in [0.05, 0.1) is 6.61 Å². The predicted octanol–water partition coefficient (Wildman–Crippen LogP) is 2.90. The molecule has 1 N–H and O–H groups in total. The molecule has 1 saturated heterocycles. The standard InChI is InChI=1S/C14H20FNO/c1-2-16-14(12-6-4-8-17-10-12)11-5-3-7-13(15)9-11/h3,5,7,9,12,14,16H,2,4,6,8,10H2,1H3. The first-order valence-electron chi connectivity index (χ1n) is 6.38. The van der Waals surface area contributed by atoms with E-state index in [0.717, 1.165) is 38.2 Å². The Bertz CT molecular complexity index is 350. The predicted molar refractivity (Wildman–Crippen MR) is 66.4 cm³/mol. The highest BCUT2D eigenvalue weighted by molar-refractivity contribution is 5.21. The van der Waals surface area contributed by atoms with Gasteiger partial charge in [0, 0.05) is 18.6 Å². The number of ether oxygens (including phenoxy) is 1. The minimum atomic E-state index is -0.165. The van der Waals surface area contributed by atoms with Crippen molar-refractivity contribution in [3.05, 3.63) is 35.6 Å². The first-order chi connectivity index (χ1) is 8.31. The van der Waals surface area contributed by atoms with Crippen molar-refractivity contribution in [1.29, 1.82) is 0 Å². The molecule has 94 valence electrons. The Morgan fingerprint density at radius 2 is 2.41 bits per heavy atom. The average Bonchev–Trinajstić information content (AvgIpc) is 2.37. The van der Waals surface area contributed by atoms with E-state index >= 15 is 0 Å². The Hall–Kier alpha value is -0.930. The molecule has 0 amide bonds. The summed E-state index contributed by atoms with van der Waals surface area (Å²) in [5, 5.41) is 3.45. The van der Waals surface area contributed by atoms with E-state index in [9.17, 15) is 4.39 Å². The Morgan fingerprint density at radius 3 is 3.06 bits per heavy atom. The van der Waals surface area contributed by atoms with Gasteiger partial charge in [-0.2, -0.15) is 0 Å². The van der Waals surface area contributed by atoms with Crippen LogP contribution in [0.4, 0.5) is 4.39 Å². The molecule has 1 fully saturated rings. The minimum Gasteiger partial charge on any atom is -0.381 e. The van der Waals surface area contributed by atoms with Crippen LogP contribution < -0.4 is 5.32 Å². The highest BCUT2D eigenvalue weighted by atomic mass is 19.1. The fourth-order valence-corrected chi connectivity index (χ4v) is 2.51. The SMILES string of the molecule is CCNC(c1cccc(F)c1)C1CCCOC1. The van der Waals surface area contributed by atoms with Gasteiger partial charge in [-0.1, -0.05) is 19.1 Å². The van der Waals surface area contributed by atoms with Crippen LogP contribution in [0, 0.1) is 11.7 Å². The highest BCUT2D eigenvalue weighted by Crippen LogP contribution is 2.29. The van der Waals surface area contributed by atoms with Crippen LogP contribution in [0.1, 0.15) is 31.4 Å². The summed E-state index contributed by atoms with van der Waals surface area (Å²) >= 11 is 0. The molecule has 1 aliphatic rings. The fourth-order valence-electron chi connectivity index (χ4n) is 2.51. The van der Waals surface area contributed by atoms with Crippen LogP contribution in [-0.2, 0) is 4.74 Å². The third-order valence-electron chi connectivity index (χ3n) is 3.30. The number of hydrogen-bond acceptors (Lipinski definition) is 2. The van der Waals surface area contributed by atoms with Gasteiger partial charge in [0.2, 0.25) is 0 Å². The summed E-state index contributed by atoms with van der Waals surface area (Å²) in [6.07, 6.45) is 2.25. The second-order valence-corrected chi connectivity index (χ2v) is 4.57. The summed E-state index contributed by atoms with van der Waals surface area (Å²) < 4.78 is 18.8. The molecule has 0 saturated carbocycles. The summed E-state index contributed by atoms with van der Waals surface area (Å²) in [6, 6.07) is 7.09. The molecule has 2 atom stereocenters. The maximum atomic E-state index is 13.3. The van der Waals surface area contributed by atoms with Gasteiger partial charge in [-0.25, -0.2) is 4.39 Å². The van der Waals surface area contributed by atoms with Crippen molar-refractivity contribution in [1.82, 2.24) is 5.32 Å². The van der Waals surface area contributed by atoms with Crippen LogP contribution >= 0.6 is 0 Å². The monoisotopic (exact) mass is 237 g/mol. The zero-order valence-electron chi connectivity index (χ0n) is 10.3. The first kappa shape index (κ1) is 12.5. The minimum absolute atomic E-state index is 0.165. The van der Waals surface area contributed by atoms with Crippen molar-refractivity contribution in [2.45, 2.75) is 25.8 Å². The second kappa shape index (κ2) is 6.12. The average molecular weight is 237 g/mol. The second-order valence-electron chi connectivity index (χ2n) is 4.57. The van der Waals surface area contributed by atoms with Crippen LogP contribution in [0.15, 0.2) is 24.3 Å². The van der Waals surface area contributed by atoms with E-state index < -0.39 is 0 Å². The molecule has 1 aromatic rings. The summed E-state index contributed by atoms with van der Waals surface area (Å²) in [7, 11) is 0. The van der Waals surface area contributed by atoms with Crippen LogP contribution in [0.3, 0.4) is 0 Å². The van der Waals surface area contributed by atoms with Crippen molar-refractivity contribution < 1.29 is 9.13 Å². The van der Waals surface area contributed by atoms with Crippen molar-refractivity contribution in [3.8, 4) is 0 Å². The Labute approximate surface area is 102 Å². The number of benzene rings is 1. The molecule has 0 aliphatic carbocycles. The summed E-state index contributed by atoms with van der Waals surface area (Å²) in [5.74, 6) is 0.285. The van der Waals surface area contributed by atoms with Crippen LogP contribution in [0.5, 0.6) is 0 Å². The third kappa shape index (κ3) is 3.27. The van der Waals surface area contributed by atoms with Crippen molar-refractivity contribution in [2.24, 2.45) is 5.92 Å². The molecule has 1 aromatic carbocycles. The topological polar surface area (TPSA) is 21.3 Å². The molecule has 17 heavy (non-hydrogen) atoms. The van der Waals surface area contributed by atoms with Crippen molar-refractivity contribution in [2.75, 3.05) is 19.8 Å². The van der Waals surface area contributed by atoms with Crippen LogP contribution in [0.2, 0.25) is 0 Å². The zero-order valence-corrected chi connectivity index (χ0v) is 10.3. The number of rotatable bonds is 4. The van der Waals surface area contributed by atoms with Crippen molar-refractivity contribution in [3.63, 3.8) is 0 Å². The van der Waals surface area contributed by atoms with E-state index in [0.29, 0.717) is 5.92 Å². The molecular formula is C14H20FNO. The van der Waals surface area contributed by atoms with Crippen molar-refractivity contribution >= 4 is 0 Å². The molecule has 0 radical (unpaired) electrons. The smallest absolute Gasteiger partial charge is 0.123 e. The Morgan fingerprint density at radius 1 is 1.53 bits per heavy atom. The number of halogens is 1. The highest BCUT2D eigenvalue weighted by Gasteiger charge is 2.25. The molecule has 1 aliphatic heterocycles. The maximum Gasteiger partial charge on any atom is 0.123 e. The molecule has 2 rings (SSSR count). The number of hydrogen-bond donors (Lipinski definition) is 1. The molecule has 1 heterocycles. The summed E-state index contributed by atoms with van der Waals surface area (Å²) in [5.41, 5.74) is 1.03. The lowest BCUT2D eigenvalue weighted by molar-refractivity contribution is 0.0392. The van der Waals surface area contributed by atoms with Gasteiger partial charge in [0.1, 0.15) is 5.82 Å².